The number of amides is 1. The van der Waals surface area contributed by atoms with Crippen LogP contribution < -0.4 is 14.8 Å². The molecule has 1 N–H and O–H groups in total. The van der Waals surface area contributed by atoms with Crippen molar-refractivity contribution in [1.29, 1.82) is 0 Å². The van der Waals surface area contributed by atoms with Gasteiger partial charge in [-0.25, -0.2) is 0 Å². The molecule has 0 saturated heterocycles. The van der Waals surface area contributed by atoms with Gasteiger partial charge in [0, 0.05) is 10.6 Å². The van der Waals surface area contributed by atoms with Crippen molar-refractivity contribution in [2.24, 2.45) is 0 Å². The molecule has 128 valence electrons. The van der Waals surface area contributed by atoms with Gasteiger partial charge in [0.2, 0.25) is 0 Å². The van der Waals surface area contributed by atoms with Crippen LogP contribution in [0.1, 0.15) is 35.8 Å². The highest BCUT2D eigenvalue weighted by molar-refractivity contribution is 9.10. The van der Waals surface area contributed by atoms with Crippen LogP contribution in [0.3, 0.4) is 0 Å². The maximum Gasteiger partial charge on any atom is 0.251 e. The minimum Gasteiger partial charge on any atom is -0.493 e. The van der Waals surface area contributed by atoms with Crippen LogP contribution >= 0.6 is 27.5 Å². The third-order valence-corrected chi connectivity index (χ3v) is 4.34. The highest BCUT2D eigenvalue weighted by Crippen LogP contribution is 2.36. The van der Waals surface area contributed by atoms with Crippen molar-refractivity contribution in [2.75, 3.05) is 13.7 Å². The normalized spacial score (nSPS) is 11.7. The minimum absolute atomic E-state index is 0.147. The second-order valence-corrected chi connectivity index (χ2v) is 6.46. The second-order valence-electron chi connectivity index (χ2n) is 5.17. The fourth-order valence-electron chi connectivity index (χ4n) is 2.25. The van der Waals surface area contributed by atoms with E-state index < -0.39 is 0 Å². The number of carbonyl (C=O) groups is 1. The summed E-state index contributed by atoms with van der Waals surface area (Å²) >= 11 is 9.32. The van der Waals surface area contributed by atoms with E-state index in [2.05, 4.69) is 21.2 Å². The van der Waals surface area contributed by atoms with Crippen molar-refractivity contribution >= 4 is 33.4 Å². The van der Waals surface area contributed by atoms with Crippen LogP contribution in [0.4, 0.5) is 0 Å². The molecule has 0 aliphatic rings. The van der Waals surface area contributed by atoms with E-state index in [4.69, 9.17) is 21.1 Å². The maximum absolute atomic E-state index is 12.5. The molecule has 2 aromatic rings. The first-order valence-corrected chi connectivity index (χ1v) is 8.70. The Balaban J connectivity index is 2.20. The van der Waals surface area contributed by atoms with Crippen LogP contribution in [0.15, 0.2) is 40.9 Å². The molecule has 0 aromatic heterocycles. The molecule has 0 heterocycles. The summed E-state index contributed by atoms with van der Waals surface area (Å²) in [6.07, 6.45) is 0. The Bertz CT molecular complexity index is 719. The van der Waals surface area contributed by atoms with Gasteiger partial charge in [-0.2, -0.15) is 0 Å². The number of methoxy groups -OCH3 is 1. The Labute approximate surface area is 155 Å². The van der Waals surface area contributed by atoms with Crippen molar-refractivity contribution in [3.63, 3.8) is 0 Å². The molecular formula is C18H19BrClNO3. The molecule has 0 aliphatic carbocycles. The van der Waals surface area contributed by atoms with Crippen molar-refractivity contribution in [3.05, 3.63) is 57.0 Å². The van der Waals surface area contributed by atoms with Crippen LogP contribution in [-0.4, -0.2) is 19.6 Å². The smallest absolute Gasteiger partial charge is 0.251 e. The van der Waals surface area contributed by atoms with Crippen molar-refractivity contribution in [2.45, 2.75) is 19.9 Å². The van der Waals surface area contributed by atoms with Crippen LogP contribution in [0, 0.1) is 0 Å². The molecule has 24 heavy (non-hydrogen) atoms. The first-order chi connectivity index (χ1) is 11.5. The third kappa shape index (κ3) is 4.42. The van der Waals surface area contributed by atoms with Crippen molar-refractivity contribution < 1.29 is 14.3 Å². The summed E-state index contributed by atoms with van der Waals surface area (Å²) in [5, 5.41) is 3.63. The van der Waals surface area contributed by atoms with Gasteiger partial charge < -0.3 is 14.8 Å². The number of hydrogen-bond acceptors (Lipinski definition) is 3. The summed E-state index contributed by atoms with van der Waals surface area (Å²) in [5.74, 6) is 0.900. The molecular weight excluding hydrogens is 394 g/mol. The number of carbonyl (C=O) groups excluding carboxylic acids is 1. The first-order valence-electron chi connectivity index (χ1n) is 7.53. The Morgan fingerprint density at radius 1 is 1.29 bits per heavy atom. The topological polar surface area (TPSA) is 47.6 Å². The summed E-state index contributed by atoms with van der Waals surface area (Å²) < 4.78 is 11.5. The zero-order valence-electron chi connectivity index (χ0n) is 13.7. The number of rotatable bonds is 6. The van der Waals surface area contributed by atoms with Gasteiger partial charge in [0.15, 0.2) is 11.5 Å². The van der Waals surface area contributed by atoms with Gasteiger partial charge in [0.05, 0.1) is 24.2 Å². The van der Waals surface area contributed by atoms with Crippen LogP contribution in [0.5, 0.6) is 11.5 Å². The predicted molar refractivity (Wildman–Crippen MR) is 99.2 cm³/mol. The zero-order chi connectivity index (χ0) is 17.7. The molecule has 2 aromatic carbocycles. The highest BCUT2D eigenvalue weighted by Gasteiger charge is 2.17. The van der Waals surface area contributed by atoms with Crippen LogP contribution in [0.2, 0.25) is 5.02 Å². The van der Waals surface area contributed by atoms with E-state index in [-0.39, 0.29) is 11.9 Å². The Morgan fingerprint density at radius 2 is 1.96 bits per heavy atom. The van der Waals surface area contributed by atoms with Crippen molar-refractivity contribution in [1.82, 2.24) is 5.32 Å². The molecule has 0 radical (unpaired) electrons. The summed E-state index contributed by atoms with van der Waals surface area (Å²) in [5.41, 5.74) is 1.47. The molecule has 1 atom stereocenters. The molecule has 2 rings (SSSR count). The molecule has 4 nitrogen and oxygen atoms in total. The van der Waals surface area contributed by atoms with E-state index in [1.165, 1.54) is 0 Å². The van der Waals surface area contributed by atoms with Gasteiger partial charge >= 0.3 is 0 Å². The number of benzene rings is 2. The number of ether oxygens (including phenoxy) is 2. The molecule has 1 amide bonds. The highest BCUT2D eigenvalue weighted by atomic mass is 79.9. The molecule has 0 bridgehead atoms. The van der Waals surface area contributed by atoms with Gasteiger partial charge in [-0.05, 0) is 59.6 Å². The fourth-order valence-corrected chi connectivity index (χ4v) is 2.93. The van der Waals surface area contributed by atoms with Gasteiger partial charge in [-0.15, -0.1) is 0 Å². The lowest BCUT2D eigenvalue weighted by molar-refractivity contribution is 0.0939. The zero-order valence-corrected chi connectivity index (χ0v) is 16.1. The largest absolute Gasteiger partial charge is 0.493 e. The Hall–Kier alpha value is -1.72. The lowest BCUT2D eigenvalue weighted by Gasteiger charge is -2.16. The predicted octanol–water partition coefficient (Wildman–Crippen LogP) is 5.00. The first kappa shape index (κ1) is 18.6. The molecule has 0 saturated carbocycles. The lowest BCUT2D eigenvalue weighted by atomic mass is 10.1. The van der Waals surface area contributed by atoms with Gasteiger partial charge in [0.25, 0.3) is 5.91 Å². The van der Waals surface area contributed by atoms with E-state index in [1.54, 1.807) is 31.4 Å². The third-order valence-electron chi connectivity index (χ3n) is 3.50. The standard InChI is InChI=1S/C18H19BrClNO3/c1-4-24-17-15(19)9-13(10-16(17)23-3)18(22)21-11(2)12-5-7-14(20)8-6-12/h5-11H,4H2,1-3H3,(H,21,22). The number of hydrogen-bond donors (Lipinski definition) is 1. The summed E-state index contributed by atoms with van der Waals surface area (Å²) in [6.45, 7) is 4.32. The summed E-state index contributed by atoms with van der Waals surface area (Å²) in [7, 11) is 1.54. The van der Waals surface area contributed by atoms with Crippen LogP contribution in [-0.2, 0) is 0 Å². The molecule has 0 aliphatic heterocycles. The van der Waals surface area contributed by atoms with E-state index in [1.807, 2.05) is 26.0 Å². The monoisotopic (exact) mass is 411 g/mol. The summed E-state index contributed by atoms with van der Waals surface area (Å²) in [6, 6.07) is 10.6. The van der Waals surface area contributed by atoms with Crippen molar-refractivity contribution in [3.8, 4) is 11.5 Å². The maximum atomic E-state index is 12.5. The van der Waals surface area contributed by atoms with Crippen LogP contribution in [0.25, 0.3) is 0 Å². The molecule has 1 unspecified atom stereocenters. The minimum atomic E-state index is -0.195. The fraction of sp³-hybridized carbons (Fsp3) is 0.278. The lowest BCUT2D eigenvalue weighted by Crippen LogP contribution is -2.26. The second kappa shape index (κ2) is 8.40. The Kier molecular flexibility index (Phi) is 6.52. The quantitative estimate of drug-likeness (QED) is 0.726. The number of nitrogens with one attached hydrogen (secondary N) is 1. The summed E-state index contributed by atoms with van der Waals surface area (Å²) in [4.78, 5) is 12.5. The molecule has 0 fully saturated rings. The van der Waals surface area contributed by atoms with E-state index in [0.29, 0.717) is 33.2 Å². The SMILES string of the molecule is CCOc1c(Br)cc(C(=O)NC(C)c2ccc(Cl)cc2)cc1OC. The van der Waals surface area contributed by atoms with Gasteiger partial charge in [0.1, 0.15) is 0 Å². The van der Waals surface area contributed by atoms with E-state index in [0.717, 1.165) is 5.56 Å². The average Bonchev–Trinajstić information content (AvgIpc) is 2.57. The molecule has 6 heteroatoms. The molecule has 0 spiro atoms. The van der Waals surface area contributed by atoms with Gasteiger partial charge in [-0.3, -0.25) is 4.79 Å². The number of halogens is 2. The average molecular weight is 413 g/mol. The van der Waals surface area contributed by atoms with E-state index in [9.17, 15) is 4.79 Å². The van der Waals surface area contributed by atoms with E-state index >= 15 is 0 Å². The Morgan fingerprint density at radius 3 is 2.54 bits per heavy atom. The van der Waals surface area contributed by atoms with Gasteiger partial charge in [-0.1, -0.05) is 23.7 Å².